The van der Waals surface area contributed by atoms with E-state index in [0.717, 1.165) is 0 Å². The first-order chi connectivity index (χ1) is 9.18. The number of rotatable bonds is 2. The van der Waals surface area contributed by atoms with Crippen molar-refractivity contribution in [2.24, 2.45) is 0 Å². The Bertz CT molecular complexity index is 505. The molecule has 0 aliphatic rings. The predicted molar refractivity (Wildman–Crippen MR) is 79.3 cm³/mol. The summed E-state index contributed by atoms with van der Waals surface area (Å²) in [7, 11) is 0. The van der Waals surface area contributed by atoms with E-state index in [1.165, 1.54) is 18.1 Å². The molecule has 0 aliphatic heterocycles. The first-order valence-corrected chi connectivity index (χ1v) is 7.62. The molecular weight excluding hydrogens is 327 g/mol. The summed E-state index contributed by atoms with van der Waals surface area (Å²) < 4.78 is 4.56. The number of Topliss-reactive ketones (excluding diaryl/α,β-unsaturated/α-hetero) is 1. The quantitative estimate of drug-likeness (QED) is 0.604. The van der Waals surface area contributed by atoms with Crippen LogP contribution in [0.1, 0.15) is 18.1 Å². The van der Waals surface area contributed by atoms with Gasteiger partial charge in [-0.15, -0.1) is 0 Å². The second kappa shape index (κ2) is 9.33. The van der Waals surface area contributed by atoms with Crippen LogP contribution in [0.25, 0.3) is 0 Å². The molecule has 0 saturated heterocycles. The summed E-state index contributed by atoms with van der Waals surface area (Å²) in [6.07, 6.45) is 0. The Kier molecular flexibility index (Phi) is 7.58. The van der Waals surface area contributed by atoms with Gasteiger partial charge in [0.1, 0.15) is 0 Å². The van der Waals surface area contributed by atoms with Gasteiger partial charge < -0.3 is 11.7 Å². The Morgan fingerprint density at radius 2 is 1.21 bits per heavy atom. The van der Waals surface area contributed by atoms with Gasteiger partial charge in [-0.1, -0.05) is 0 Å². The SMILES string of the molecule is [CH2-]C(C)=O.[CH](=[Pd]=[CH]c1ccccc1)c1ccccc1. The molecule has 0 aliphatic carbocycles. The summed E-state index contributed by atoms with van der Waals surface area (Å²) in [6, 6.07) is 20.9. The molecule has 0 fully saturated rings. The van der Waals surface area contributed by atoms with E-state index in [1.54, 1.807) is 0 Å². The van der Waals surface area contributed by atoms with E-state index in [9.17, 15) is 4.79 Å². The molecule has 0 radical (unpaired) electrons. The summed E-state index contributed by atoms with van der Waals surface area (Å²) >= 11 is 0.543. The van der Waals surface area contributed by atoms with E-state index in [1.807, 2.05) is 12.1 Å². The molecule has 2 heteroatoms. The van der Waals surface area contributed by atoms with Crippen LogP contribution in [0.15, 0.2) is 60.7 Å². The second-order valence-corrected chi connectivity index (χ2v) is 5.23. The first kappa shape index (κ1) is 15.4. The van der Waals surface area contributed by atoms with Crippen molar-refractivity contribution in [3.05, 3.63) is 78.7 Å². The Morgan fingerprint density at radius 3 is 1.53 bits per heavy atom. The molecule has 0 aromatic heterocycles. The number of hydrogen-bond donors (Lipinski definition) is 0. The van der Waals surface area contributed by atoms with Crippen LogP contribution in [0.2, 0.25) is 0 Å². The van der Waals surface area contributed by atoms with E-state index in [2.05, 4.69) is 64.4 Å². The Labute approximate surface area is 122 Å². The van der Waals surface area contributed by atoms with Gasteiger partial charge in [-0.3, -0.25) is 0 Å². The summed E-state index contributed by atoms with van der Waals surface area (Å²) in [5.74, 6) is -0.0833. The standard InChI is InChI=1S/2C7H6.C3H5O.Pd/c2*1-7-5-3-2-4-6-7;1-3(2)4;/h2*1-6H;1H2,2H3;/q;;-1;. The van der Waals surface area contributed by atoms with E-state index in [-0.39, 0.29) is 5.78 Å². The molecule has 0 atom stereocenters. The van der Waals surface area contributed by atoms with E-state index >= 15 is 0 Å². The van der Waals surface area contributed by atoms with Gasteiger partial charge in [0.25, 0.3) is 0 Å². The van der Waals surface area contributed by atoms with Crippen LogP contribution < -0.4 is 0 Å². The van der Waals surface area contributed by atoms with Crippen molar-refractivity contribution in [1.82, 2.24) is 0 Å². The van der Waals surface area contributed by atoms with Crippen molar-refractivity contribution >= 4 is 14.8 Å². The maximum atomic E-state index is 9.33. The van der Waals surface area contributed by atoms with E-state index in [0.29, 0.717) is 17.1 Å². The van der Waals surface area contributed by atoms with Crippen LogP contribution >= 0.6 is 0 Å². The average Bonchev–Trinajstić information content (AvgIpc) is 2.41. The predicted octanol–water partition coefficient (Wildman–Crippen LogP) is 3.18. The van der Waals surface area contributed by atoms with Crippen molar-refractivity contribution in [3.8, 4) is 0 Å². The Hall–Kier alpha value is -1.62. The number of carbonyl (C=O) groups is 1. The molecule has 0 saturated carbocycles. The normalized spacial score (nSPS) is 9.11. The summed E-state index contributed by atoms with van der Waals surface area (Å²) in [5.41, 5.74) is 2.61. The topological polar surface area (TPSA) is 17.1 Å². The molecule has 0 unspecified atom stereocenters. The fourth-order valence-corrected chi connectivity index (χ4v) is 2.50. The average molecular weight is 344 g/mol. The molecular formula is C17H17OPd-. The molecule has 102 valence electrons. The van der Waals surface area contributed by atoms with E-state index < -0.39 is 0 Å². The van der Waals surface area contributed by atoms with Crippen LogP contribution in [0.3, 0.4) is 0 Å². The second-order valence-electron chi connectivity index (χ2n) is 3.81. The molecule has 2 aromatic carbocycles. The zero-order valence-electron chi connectivity index (χ0n) is 10.9. The van der Waals surface area contributed by atoms with Gasteiger partial charge in [-0.2, -0.15) is 0 Å². The summed E-state index contributed by atoms with van der Waals surface area (Å²) in [5, 5.41) is 0. The third-order valence-corrected chi connectivity index (χ3v) is 3.47. The van der Waals surface area contributed by atoms with Gasteiger partial charge in [-0.25, -0.2) is 0 Å². The third kappa shape index (κ3) is 8.16. The van der Waals surface area contributed by atoms with Crippen molar-refractivity contribution < 1.29 is 21.9 Å². The fraction of sp³-hybridized carbons (Fsp3) is 0.0588. The van der Waals surface area contributed by atoms with E-state index in [4.69, 9.17) is 0 Å². The van der Waals surface area contributed by atoms with Gasteiger partial charge in [0.05, 0.1) is 0 Å². The Balaban J connectivity index is 0.000000399. The molecule has 0 N–H and O–H groups in total. The van der Waals surface area contributed by atoms with Gasteiger partial charge in [0.2, 0.25) is 0 Å². The third-order valence-electron chi connectivity index (χ3n) is 1.92. The summed E-state index contributed by atoms with van der Waals surface area (Å²) in [6.45, 7) is 4.42. The van der Waals surface area contributed by atoms with Crippen LogP contribution in [0, 0.1) is 6.92 Å². The van der Waals surface area contributed by atoms with Crippen LogP contribution in [0.5, 0.6) is 0 Å². The molecule has 0 bridgehead atoms. The number of carbonyl (C=O) groups excluding carboxylic acids is 1. The number of hydrogen-bond acceptors (Lipinski definition) is 1. The van der Waals surface area contributed by atoms with Gasteiger partial charge in [0.15, 0.2) is 0 Å². The first-order valence-electron chi connectivity index (χ1n) is 5.82. The molecule has 0 amide bonds. The van der Waals surface area contributed by atoms with Crippen molar-refractivity contribution in [2.75, 3.05) is 0 Å². The van der Waals surface area contributed by atoms with Crippen LogP contribution in [0.4, 0.5) is 0 Å². The van der Waals surface area contributed by atoms with Crippen molar-refractivity contribution in [3.63, 3.8) is 0 Å². The zero-order valence-corrected chi connectivity index (χ0v) is 12.4. The molecule has 1 nitrogen and oxygen atoms in total. The summed E-state index contributed by atoms with van der Waals surface area (Å²) in [4.78, 5) is 9.33. The van der Waals surface area contributed by atoms with Crippen molar-refractivity contribution in [1.29, 1.82) is 0 Å². The van der Waals surface area contributed by atoms with Crippen molar-refractivity contribution in [2.45, 2.75) is 6.92 Å². The van der Waals surface area contributed by atoms with Gasteiger partial charge in [0, 0.05) is 0 Å². The minimum absolute atomic E-state index is 0.0833. The molecule has 19 heavy (non-hydrogen) atoms. The monoisotopic (exact) mass is 343 g/mol. The molecule has 2 rings (SSSR count). The molecule has 2 aromatic rings. The molecule has 0 heterocycles. The number of benzene rings is 2. The molecule has 0 spiro atoms. The zero-order chi connectivity index (χ0) is 13.9. The van der Waals surface area contributed by atoms with Crippen LogP contribution in [-0.2, 0) is 21.9 Å². The maximum absolute atomic E-state index is 9.33. The Morgan fingerprint density at radius 1 is 0.895 bits per heavy atom. The fourth-order valence-electron chi connectivity index (χ4n) is 1.18. The van der Waals surface area contributed by atoms with Gasteiger partial charge in [-0.05, 0) is 12.7 Å². The number of ketones is 1. The minimum atomic E-state index is -0.0833. The van der Waals surface area contributed by atoms with Crippen LogP contribution in [-0.4, -0.2) is 14.8 Å². The van der Waals surface area contributed by atoms with Gasteiger partial charge >= 0.3 is 97.8 Å².